The predicted octanol–water partition coefficient (Wildman–Crippen LogP) is 7.55. The summed E-state index contributed by atoms with van der Waals surface area (Å²) in [6, 6.07) is 17.7. The van der Waals surface area contributed by atoms with E-state index in [9.17, 15) is 4.79 Å². The van der Waals surface area contributed by atoms with Crippen molar-refractivity contribution in [3.05, 3.63) is 60.0 Å². The number of amides is 1. The van der Waals surface area contributed by atoms with Crippen molar-refractivity contribution in [1.82, 2.24) is 15.3 Å². The van der Waals surface area contributed by atoms with Gasteiger partial charge in [0.1, 0.15) is 11.5 Å². The number of thiophene rings is 1. The van der Waals surface area contributed by atoms with E-state index in [1.165, 1.54) is 33.5 Å². The van der Waals surface area contributed by atoms with Gasteiger partial charge in [-0.25, -0.2) is 9.78 Å². The maximum atomic E-state index is 12.5. The second kappa shape index (κ2) is 13.0. The normalized spacial score (nSPS) is 10.8. The molecule has 2 heterocycles. The zero-order valence-corrected chi connectivity index (χ0v) is 22.3. The first kappa shape index (κ1) is 26.3. The Kier molecular flexibility index (Phi) is 9.21. The number of benzene rings is 2. The predicted molar refractivity (Wildman–Crippen MR) is 149 cm³/mol. The second-order valence-electron chi connectivity index (χ2n) is 8.59. The van der Waals surface area contributed by atoms with Gasteiger partial charge in [0.05, 0.1) is 24.8 Å². The molecule has 0 atom stereocenters. The molecule has 0 spiro atoms. The summed E-state index contributed by atoms with van der Waals surface area (Å²) >= 11 is 1.63. The standard InChI is InChI=1S/C29H33N3O4S/c1-4-5-6-7-11-16-30-29(33)36-27-22(34-2)18-21(19-23(27)35-3)28-31-25(20-13-9-8-10-14-20)26(32-28)24-15-12-17-37-24/h8-10,12-15,17-19H,4-7,11,16H2,1-3H3,(H,30,33)(H,31,32). The molecule has 0 radical (unpaired) electrons. The van der Waals surface area contributed by atoms with Crippen molar-refractivity contribution in [1.29, 1.82) is 0 Å². The van der Waals surface area contributed by atoms with E-state index in [0.717, 1.165) is 40.2 Å². The number of H-pyrrole nitrogens is 1. The molecule has 2 aromatic heterocycles. The van der Waals surface area contributed by atoms with Crippen LogP contribution in [-0.2, 0) is 0 Å². The highest BCUT2D eigenvalue weighted by molar-refractivity contribution is 7.13. The van der Waals surface area contributed by atoms with E-state index >= 15 is 0 Å². The van der Waals surface area contributed by atoms with Crippen LogP contribution in [-0.4, -0.2) is 36.8 Å². The molecule has 4 aromatic rings. The molecule has 0 aliphatic rings. The van der Waals surface area contributed by atoms with Gasteiger partial charge < -0.3 is 24.5 Å². The van der Waals surface area contributed by atoms with Crippen LogP contribution in [0.25, 0.3) is 33.2 Å². The zero-order valence-electron chi connectivity index (χ0n) is 21.5. The van der Waals surface area contributed by atoms with E-state index in [2.05, 4.69) is 35.4 Å². The molecule has 8 heteroatoms. The molecular formula is C29H33N3O4S. The number of carbonyl (C=O) groups excluding carboxylic acids is 1. The van der Waals surface area contributed by atoms with Crippen molar-refractivity contribution in [2.45, 2.75) is 39.0 Å². The fourth-order valence-electron chi connectivity index (χ4n) is 4.08. The average molecular weight is 520 g/mol. The van der Waals surface area contributed by atoms with Crippen LogP contribution in [0.2, 0.25) is 0 Å². The first-order valence-electron chi connectivity index (χ1n) is 12.6. The first-order chi connectivity index (χ1) is 18.1. The minimum atomic E-state index is -0.538. The highest BCUT2D eigenvalue weighted by Crippen LogP contribution is 2.42. The summed E-state index contributed by atoms with van der Waals surface area (Å²) in [6.07, 6.45) is 5.02. The lowest BCUT2D eigenvalue weighted by Gasteiger charge is -2.15. The molecule has 2 aromatic carbocycles. The molecule has 2 N–H and O–H groups in total. The number of nitrogens with zero attached hydrogens (tertiary/aromatic N) is 1. The third-order valence-corrected chi connectivity index (χ3v) is 6.88. The summed E-state index contributed by atoms with van der Waals surface area (Å²) in [4.78, 5) is 21.9. The average Bonchev–Trinajstić information content (AvgIpc) is 3.62. The fraction of sp³-hybridized carbons (Fsp3) is 0.310. The van der Waals surface area contributed by atoms with Crippen molar-refractivity contribution in [2.24, 2.45) is 0 Å². The van der Waals surface area contributed by atoms with Gasteiger partial charge in [0.25, 0.3) is 0 Å². The highest BCUT2D eigenvalue weighted by atomic mass is 32.1. The number of carbonyl (C=O) groups is 1. The minimum Gasteiger partial charge on any atom is -0.493 e. The van der Waals surface area contributed by atoms with Crippen LogP contribution in [0.4, 0.5) is 4.79 Å². The molecule has 1 amide bonds. The summed E-state index contributed by atoms with van der Waals surface area (Å²) in [5.74, 6) is 1.64. The van der Waals surface area contributed by atoms with Crippen molar-refractivity contribution in [3.8, 4) is 50.5 Å². The molecule has 0 aliphatic carbocycles. The maximum Gasteiger partial charge on any atom is 0.412 e. The Bertz CT molecular complexity index is 1260. The summed E-state index contributed by atoms with van der Waals surface area (Å²) in [6.45, 7) is 2.74. The lowest BCUT2D eigenvalue weighted by molar-refractivity contribution is 0.196. The van der Waals surface area contributed by atoms with Crippen LogP contribution < -0.4 is 19.5 Å². The van der Waals surface area contributed by atoms with Gasteiger partial charge in [-0.15, -0.1) is 11.3 Å². The van der Waals surface area contributed by atoms with Crippen LogP contribution in [0.15, 0.2) is 60.0 Å². The number of hydrogen-bond acceptors (Lipinski definition) is 6. The Morgan fingerprint density at radius 1 is 0.946 bits per heavy atom. The van der Waals surface area contributed by atoms with Gasteiger partial charge in [-0.1, -0.05) is 69.0 Å². The van der Waals surface area contributed by atoms with Crippen LogP contribution in [0, 0.1) is 0 Å². The van der Waals surface area contributed by atoms with E-state index in [1.807, 2.05) is 29.6 Å². The molecular weight excluding hydrogens is 486 g/mol. The number of nitrogens with one attached hydrogen (secondary N) is 2. The van der Waals surface area contributed by atoms with Crippen LogP contribution in [0.1, 0.15) is 39.0 Å². The second-order valence-corrected chi connectivity index (χ2v) is 9.54. The van der Waals surface area contributed by atoms with Gasteiger partial charge in [-0.3, -0.25) is 0 Å². The molecule has 0 saturated carbocycles. The van der Waals surface area contributed by atoms with Gasteiger partial charge >= 0.3 is 6.09 Å². The van der Waals surface area contributed by atoms with Crippen LogP contribution >= 0.6 is 11.3 Å². The van der Waals surface area contributed by atoms with Crippen molar-refractivity contribution < 1.29 is 19.0 Å². The lowest BCUT2D eigenvalue weighted by Crippen LogP contribution is -2.28. The molecule has 0 aliphatic heterocycles. The number of methoxy groups -OCH3 is 2. The van der Waals surface area contributed by atoms with Gasteiger partial charge in [-0.2, -0.15) is 0 Å². The monoisotopic (exact) mass is 519 g/mol. The Hall–Kier alpha value is -3.78. The number of unbranched alkanes of at least 4 members (excludes halogenated alkanes) is 4. The SMILES string of the molecule is CCCCCCCNC(=O)Oc1c(OC)cc(-c2nc(-c3cccs3)c(-c3ccccc3)[nH]2)cc1OC. The minimum absolute atomic E-state index is 0.227. The van der Waals surface area contributed by atoms with Gasteiger partial charge in [0.2, 0.25) is 5.75 Å². The Morgan fingerprint density at radius 3 is 2.32 bits per heavy atom. The molecule has 37 heavy (non-hydrogen) atoms. The van der Waals surface area contributed by atoms with E-state index < -0.39 is 6.09 Å². The van der Waals surface area contributed by atoms with Crippen molar-refractivity contribution in [2.75, 3.05) is 20.8 Å². The quantitative estimate of drug-likeness (QED) is 0.189. The number of aromatic amines is 1. The van der Waals surface area contributed by atoms with Gasteiger partial charge in [0, 0.05) is 17.7 Å². The number of ether oxygens (including phenoxy) is 3. The summed E-state index contributed by atoms with van der Waals surface area (Å²) in [5.41, 5.74) is 3.58. The van der Waals surface area contributed by atoms with Gasteiger partial charge in [0.15, 0.2) is 11.5 Å². The summed E-state index contributed by atoms with van der Waals surface area (Å²) in [5, 5.41) is 4.85. The van der Waals surface area contributed by atoms with Gasteiger partial charge in [-0.05, 0) is 30.0 Å². The van der Waals surface area contributed by atoms with E-state index in [1.54, 1.807) is 23.5 Å². The molecule has 0 unspecified atom stereocenters. The smallest absolute Gasteiger partial charge is 0.412 e. The topological polar surface area (TPSA) is 85.5 Å². The zero-order chi connectivity index (χ0) is 26.0. The third-order valence-electron chi connectivity index (χ3n) is 6.00. The summed E-state index contributed by atoms with van der Waals surface area (Å²) < 4.78 is 16.8. The molecule has 0 bridgehead atoms. The number of hydrogen-bond donors (Lipinski definition) is 2. The Balaban J connectivity index is 1.60. The highest BCUT2D eigenvalue weighted by Gasteiger charge is 2.21. The Labute approximate surface area is 221 Å². The fourth-order valence-corrected chi connectivity index (χ4v) is 4.80. The third kappa shape index (κ3) is 6.51. The van der Waals surface area contributed by atoms with E-state index in [4.69, 9.17) is 19.2 Å². The summed E-state index contributed by atoms with van der Waals surface area (Å²) in [7, 11) is 3.07. The molecule has 194 valence electrons. The van der Waals surface area contributed by atoms with Crippen LogP contribution in [0.5, 0.6) is 17.2 Å². The van der Waals surface area contributed by atoms with E-state index in [-0.39, 0.29) is 5.75 Å². The van der Waals surface area contributed by atoms with Crippen molar-refractivity contribution in [3.63, 3.8) is 0 Å². The number of imidazole rings is 1. The van der Waals surface area contributed by atoms with E-state index in [0.29, 0.717) is 23.9 Å². The van der Waals surface area contributed by atoms with Crippen molar-refractivity contribution >= 4 is 17.4 Å². The molecule has 4 rings (SSSR count). The van der Waals surface area contributed by atoms with Crippen LogP contribution in [0.3, 0.4) is 0 Å². The Morgan fingerprint density at radius 2 is 1.68 bits per heavy atom. The lowest BCUT2D eigenvalue weighted by atomic mass is 10.1. The number of rotatable bonds is 12. The molecule has 0 saturated heterocycles. The largest absolute Gasteiger partial charge is 0.493 e. The number of aromatic nitrogens is 2. The molecule has 0 fully saturated rings. The molecule has 7 nitrogen and oxygen atoms in total. The first-order valence-corrected chi connectivity index (χ1v) is 13.4. The maximum absolute atomic E-state index is 12.5.